The van der Waals surface area contributed by atoms with Crippen LogP contribution in [0.4, 0.5) is 11.4 Å². The summed E-state index contributed by atoms with van der Waals surface area (Å²) >= 11 is 0. The molecule has 1 aliphatic heterocycles. The fourth-order valence-electron chi connectivity index (χ4n) is 3.24. The number of benzene rings is 1. The summed E-state index contributed by atoms with van der Waals surface area (Å²) in [5.74, 6) is 0.194. The van der Waals surface area contributed by atoms with E-state index >= 15 is 0 Å². The van der Waals surface area contributed by atoms with E-state index in [1.807, 2.05) is 24.0 Å². The predicted octanol–water partition coefficient (Wildman–Crippen LogP) is 2.68. The largest absolute Gasteiger partial charge is 0.367 e. The average Bonchev–Trinajstić information content (AvgIpc) is 2.66. The van der Waals surface area contributed by atoms with E-state index in [1.54, 1.807) is 6.07 Å². The first-order valence-electron chi connectivity index (χ1n) is 9.66. The summed E-state index contributed by atoms with van der Waals surface area (Å²) in [6.45, 7) is 14.8. The standard InChI is InChI=1S/C21H32N4O2/c1-6-20(26)22-18-9-8-17(21(27)24(7-2)15-16(3)4)14-19(18)25-12-10-23(5)11-13-25/h6,8-9,14,16H,1,7,10-13,15H2,2-5H3,(H,22,26). The molecule has 0 saturated carbocycles. The van der Waals surface area contributed by atoms with Gasteiger partial charge in [-0.3, -0.25) is 9.59 Å². The van der Waals surface area contributed by atoms with E-state index in [2.05, 4.69) is 42.6 Å². The molecule has 1 heterocycles. The minimum atomic E-state index is -0.251. The molecule has 1 aromatic carbocycles. The van der Waals surface area contributed by atoms with Crippen molar-refractivity contribution in [1.82, 2.24) is 9.80 Å². The molecule has 2 amide bonds. The minimum Gasteiger partial charge on any atom is -0.367 e. The van der Waals surface area contributed by atoms with Gasteiger partial charge in [0, 0.05) is 44.8 Å². The van der Waals surface area contributed by atoms with Gasteiger partial charge in [0.25, 0.3) is 5.91 Å². The lowest BCUT2D eigenvalue weighted by atomic mass is 10.1. The van der Waals surface area contributed by atoms with Gasteiger partial charge in [-0.2, -0.15) is 0 Å². The zero-order valence-electron chi connectivity index (χ0n) is 17.0. The Morgan fingerprint density at radius 3 is 2.48 bits per heavy atom. The summed E-state index contributed by atoms with van der Waals surface area (Å²) in [6, 6.07) is 5.53. The molecule has 27 heavy (non-hydrogen) atoms. The molecule has 0 spiro atoms. The summed E-state index contributed by atoms with van der Waals surface area (Å²) in [5.41, 5.74) is 2.26. The Labute approximate surface area is 162 Å². The van der Waals surface area contributed by atoms with E-state index in [0.29, 0.717) is 23.7 Å². The quantitative estimate of drug-likeness (QED) is 0.748. The van der Waals surface area contributed by atoms with E-state index in [9.17, 15) is 9.59 Å². The van der Waals surface area contributed by atoms with Crippen LogP contribution in [-0.4, -0.2) is 67.9 Å². The van der Waals surface area contributed by atoms with Crippen molar-refractivity contribution in [1.29, 1.82) is 0 Å². The summed E-state index contributed by atoms with van der Waals surface area (Å²) in [6.07, 6.45) is 1.26. The van der Waals surface area contributed by atoms with Gasteiger partial charge in [0.1, 0.15) is 0 Å². The molecule has 1 aliphatic rings. The summed E-state index contributed by atoms with van der Waals surface area (Å²) in [7, 11) is 2.10. The van der Waals surface area contributed by atoms with E-state index < -0.39 is 0 Å². The van der Waals surface area contributed by atoms with Gasteiger partial charge in [-0.05, 0) is 44.2 Å². The molecule has 1 saturated heterocycles. The minimum absolute atomic E-state index is 0.0307. The van der Waals surface area contributed by atoms with Gasteiger partial charge >= 0.3 is 0 Å². The third-order valence-electron chi connectivity index (χ3n) is 4.79. The number of piperazine rings is 1. The SMILES string of the molecule is C=CC(=O)Nc1ccc(C(=O)N(CC)CC(C)C)cc1N1CCN(C)CC1. The zero-order chi connectivity index (χ0) is 20.0. The van der Waals surface area contributed by atoms with Gasteiger partial charge in [0.2, 0.25) is 5.91 Å². The van der Waals surface area contributed by atoms with Crippen LogP contribution < -0.4 is 10.2 Å². The number of nitrogens with zero attached hydrogens (tertiary/aromatic N) is 3. The fourth-order valence-corrected chi connectivity index (χ4v) is 3.24. The smallest absolute Gasteiger partial charge is 0.253 e. The van der Waals surface area contributed by atoms with Crippen LogP contribution in [0.15, 0.2) is 30.9 Å². The molecule has 1 N–H and O–H groups in total. The van der Waals surface area contributed by atoms with Gasteiger partial charge in [-0.15, -0.1) is 0 Å². The number of hydrogen-bond acceptors (Lipinski definition) is 4. The third-order valence-corrected chi connectivity index (χ3v) is 4.79. The van der Waals surface area contributed by atoms with Crippen LogP contribution >= 0.6 is 0 Å². The van der Waals surface area contributed by atoms with Crippen molar-refractivity contribution in [2.24, 2.45) is 5.92 Å². The Hall–Kier alpha value is -2.34. The first-order chi connectivity index (χ1) is 12.8. The highest BCUT2D eigenvalue weighted by atomic mass is 16.2. The summed E-state index contributed by atoms with van der Waals surface area (Å²) < 4.78 is 0. The molecule has 6 nitrogen and oxygen atoms in total. The number of carbonyl (C=O) groups is 2. The average molecular weight is 373 g/mol. The Kier molecular flexibility index (Phi) is 7.42. The molecule has 2 rings (SSSR count). The van der Waals surface area contributed by atoms with Gasteiger partial charge in [0.05, 0.1) is 11.4 Å². The lowest BCUT2D eigenvalue weighted by Crippen LogP contribution is -2.45. The van der Waals surface area contributed by atoms with Crippen LogP contribution in [0.25, 0.3) is 0 Å². The van der Waals surface area contributed by atoms with Crippen molar-refractivity contribution in [2.75, 3.05) is 56.5 Å². The highest BCUT2D eigenvalue weighted by molar-refractivity contribution is 6.03. The van der Waals surface area contributed by atoms with Crippen LogP contribution in [-0.2, 0) is 4.79 Å². The van der Waals surface area contributed by atoms with E-state index in [0.717, 1.165) is 38.4 Å². The molecular weight excluding hydrogens is 340 g/mol. The second-order valence-corrected chi connectivity index (χ2v) is 7.45. The molecule has 1 fully saturated rings. The van der Waals surface area contributed by atoms with Crippen LogP contribution in [0.2, 0.25) is 0 Å². The van der Waals surface area contributed by atoms with Crippen molar-refractivity contribution in [2.45, 2.75) is 20.8 Å². The zero-order valence-corrected chi connectivity index (χ0v) is 17.0. The molecule has 148 valence electrons. The molecule has 0 atom stereocenters. The number of nitrogens with one attached hydrogen (secondary N) is 1. The fraction of sp³-hybridized carbons (Fsp3) is 0.524. The van der Waals surface area contributed by atoms with Crippen molar-refractivity contribution < 1.29 is 9.59 Å². The first-order valence-corrected chi connectivity index (χ1v) is 9.66. The predicted molar refractivity (Wildman–Crippen MR) is 111 cm³/mol. The van der Waals surface area contributed by atoms with E-state index in [-0.39, 0.29) is 11.8 Å². The van der Waals surface area contributed by atoms with Crippen molar-refractivity contribution >= 4 is 23.2 Å². The second-order valence-electron chi connectivity index (χ2n) is 7.45. The molecule has 0 radical (unpaired) electrons. The highest BCUT2D eigenvalue weighted by Crippen LogP contribution is 2.29. The number of hydrogen-bond donors (Lipinski definition) is 1. The van der Waals surface area contributed by atoms with Crippen molar-refractivity contribution in [3.05, 3.63) is 36.4 Å². The van der Waals surface area contributed by atoms with Gasteiger partial charge in [0.15, 0.2) is 0 Å². The molecule has 0 aliphatic carbocycles. The lowest BCUT2D eigenvalue weighted by molar-refractivity contribution is -0.111. The topological polar surface area (TPSA) is 55.9 Å². The third kappa shape index (κ3) is 5.57. The second kappa shape index (κ2) is 9.55. The Balaban J connectivity index is 2.34. The van der Waals surface area contributed by atoms with Gasteiger partial charge in [-0.1, -0.05) is 20.4 Å². The van der Waals surface area contributed by atoms with E-state index in [4.69, 9.17) is 0 Å². The monoisotopic (exact) mass is 372 g/mol. The maximum Gasteiger partial charge on any atom is 0.253 e. The number of anilines is 2. The maximum atomic E-state index is 13.0. The first kappa shape index (κ1) is 21.0. The molecule has 0 bridgehead atoms. The van der Waals surface area contributed by atoms with E-state index in [1.165, 1.54) is 6.08 Å². The van der Waals surface area contributed by atoms with Crippen LogP contribution in [0, 0.1) is 5.92 Å². The summed E-state index contributed by atoms with van der Waals surface area (Å²) in [5, 5.41) is 2.87. The number of amides is 2. The highest BCUT2D eigenvalue weighted by Gasteiger charge is 2.21. The normalized spacial score (nSPS) is 14.9. The van der Waals surface area contributed by atoms with Crippen molar-refractivity contribution in [3.8, 4) is 0 Å². The van der Waals surface area contributed by atoms with Gasteiger partial charge in [-0.25, -0.2) is 0 Å². The Morgan fingerprint density at radius 1 is 1.26 bits per heavy atom. The number of likely N-dealkylation sites (N-methyl/N-ethyl adjacent to an activating group) is 1. The summed E-state index contributed by atoms with van der Waals surface area (Å²) in [4.78, 5) is 31.2. The van der Waals surface area contributed by atoms with Crippen LogP contribution in [0.5, 0.6) is 0 Å². The van der Waals surface area contributed by atoms with Crippen LogP contribution in [0.3, 0.4) is 0 Å². The molecule has 0 aromatic heterocycles. The van der Waals surface area contributed by atoms with Gasteiger partial charge < -0.3 is 20.0 Å². The molecule has 0 unspecified atom stereocenters. The number of carbonyl (C=O) groups excluding carboxylic acids is 2. The maximum absolute atomic E-state index is 13.0. The molecular formula is C21H32N4O2. The Bertz CT molecular complexity index is 679. The molecule has 1 aromatic rings. The number of rotatable bonds is 7. The molecule has 6 heteroatoms. The van der Waals surface area contributed by atoms with Crippen LogP contribution in [0.1, 0.15) is 31.1 Å². The lowest BCUT2D eigenvalue weighted by Gasteiger charge is -2.35. The Morgan fingerprint density at radius 2 is 1.93 bits per heavy atom. The van der Waals surface area contributed by atoms with Crippen molar-refractivity contribution in [3.63, 3.8) is 0 Å².